The molecule has 1 aromatic carbocycles. The fourth-order valence-electron chi connectivity index (χ4n) is 1.77. The maximum atomic E-state index is 5.73. The van der Waals surface area contributed by atoms with Crippen LogP contribution >= 0.6 is 11.6 Å². The molecule has 2 aromatic rings. The maximum absolute atomic E-state index is 5.73. The van der Waals surface area contributed by atoms with Gasteiger partial charge in [0.2, 0.25) is 0 Å². The third kappa shape index (κ3) is 3.10. The van der Waals surface area contributed by atoms with Crippen LogP contribution in [0, 0.1) is 0 Å². The highest BCUT2D eigenvalue weighted by Crippen LogP contribution is 2.12. The molecular formula is C14H17ClN2. The Balaban J connectivity index is 2.11. The molecule has 0 N–H and O–H groups in total. The highest BCUT2D eigenvalue weighted by molar-refractivity contribution is 6.16. The van der Waals surface area contributed by atoms with Gasteiger partial charge >= 0.3 is 0 Å². The van der Waals surface area contributed by atoms with Crippen LogP contribution in [-0.4, -0.2) is 9.78 Å². The smallest absolute Gasteiger partial charge is 0.0776 e. The van der Waals surface area contributed by atoms with Crippen LogP contribution in [0.1, 0.15) is 31.0 Å². The van der Waals surface area contributed by atoms with Gasteiger partial charge in [-0.05, 0) is 36.6 Å². The van der Waals surface area contributed by atoms with Crippen LogP contribution in [0.4, 0.5) is 0 Å². The number of hydrogen-bond acceptors (Lipinski definition) is 1. The van der Waals surface area contributed by atoms with Crippen molar-refractivity contribution in [2.75, 3.05) is 0 Å². The van der Waals surface area contributed by atoms with Gasteiger partial charge in [-0.2, -0.15) is 5.10 Å². The van der Waals surface area contributed by atoms with Crippen molar-refractivity contribution >= 4 is 11.6 Å². The monoisotopic (exact) mass is 248 g/mol. The molecule has 1 heterocycles. The van der Waals surface area contributed by atoms with E-state index >= 15 is 0 Å². The van der Waals surface area contributed by atoms with E-state index < -0.39 is 0 Å². The van der Waals surface area contributed by atoms with Crippen LogP contribution in [0.5, 0.6) is 0 Å². The molecule has 0 aliphatic heterocycles. The lowest BCUT2D eigenvalue weighted by atomic mass is 10.1. The highest BCUT2D eigenvalue weighted by Gasteiger charge is 2.00. The van der Waals surface area contributed by atoms with E-state index in [-0.39, 0.29) is 0 Å². The zero-order valence-corrected chi connectivity index (χ0v) is 10.8. The number of unbranched alkanes of at least 4 members (excludes halogenated alkanes) is 1. The Morgan fingerprint density at radius 3 is 2.53 bits per heavy atom. The number of alkyl halides is 1. The summed E-state index contributed by atoms with van der Waals surface area (Å²) >= 11 is 5.73. The summed E-state index contributed by atoms with van der Waals surface area (Å²) in [5, 5.41) is 4.38. The maximum Gasteiger partial charge on any atom is 0.0776 e. The first-order valence-corrected chi connectivity index (χ1v) is 6.56. The van der Waals surface area contributed by atoms with E-state index in [1.54, 1.807) is 0 Å². The third-order valence-electron chi connectivity index (χ3n) is 2.80. The zero-order chi connectivity index (χ0) is 12.1. The molecule has 0 spiro atoms. The van der Waals surface area contributed by atoms with E-state index in [0.29, 0.717) is 5.88 Å². The molecule has 2 nitrogen and oxygen atoms in total. The summed E-state index contributed by atoms with van der Waals surface area (Å²) in [4.78, 5) is 0. The lowest BCUT2D eigenvalue weighted by Gasteiger charge is -2.03. The molecule has 0 atom stereocenters. The number of nitrogens with zero attached hydrogens (tertiary/aromatic N) is 2. The van der Waals surface area contributed by atoms with E-state index in [2.05, 4.69) is 36.3 Å². The minimum atomic E-state index is 0.460. The SMILES string of the molecule is CCCCc1ccc(-n2ccc(CCl)n2)cc1. The molecule has 0 radical (unpaired) electrons. The number of benzene rings is 1. The van der Waals surface area contributed by atoms with Gasteiger partial charge in [-0.3, -0.25) is 0 Å². The van der Waals surface area contributed by atoms with Gasteiger partial charge in [0.05, 0.1) is 17.3 Å². The average molecular weight is 249 g/mol. The van der Waals surface area contributed by atoms with E-state index in [1.807, 2.05) is 16.9 Å². The summed E-state index contributed by atoms with van der Waals surface area (Å²) < 4.78 is 1.86. The minimum Gasteiger partial charge on any atom is -0.241 e. The Bertz CT molecular complexity index is 459. The number of hydrogen-bond donors (Lipinski definition) is 0. The largest absolute Gasteiger partial charge is 0.241 e. The topological polar surface area (TPSA) is 17.8 Å². The molecule has 2 rings (SSSR count). The van der Waals surface area contributed by atoms with E-state index in [1.165, 1.54) is 18.4 Å². The van der Waals surface area contributed by atoms with Crippen molar-refractivity contribution in [2.24, 2.45) is 0 Å². The summed E-state index contributed by atoms with van der Waals surface area (Å²) in [5.74, 6) is 0.460. The fourth-order valence-corrected chi connectivity index (χ4v) is 1.92. The Morgan fingerprint density at radius 1 is 1.18 bits per heavy atom. The zero-order valence-electron chi connectivity index (χ0n) is 10.1. The molecule has 0 fully saturated rings. The normalized spacial score (nSPS) is 10.7. The molecule has 0 amide bonds. The van der Waals surface area contributed by atoms with Gasteiger partial charge in [-0.25, -0.2) is 4.68 Å². The standard InChI is InChI=1S/C14H17ClN2/c1-2-3-4-12-5-7-14(8-6-12)17-10-9-13(11-15)16-17/h5-10H,2-4,11H2,1H3. The van der Waals surface area contributed by atoms with Crippen molar-refractivity contribution in [1.29, 1.82) is 0 Å². The van der Waals surface area contributed by atoms with Gasteiger partial charge in [-0.15, -0.1) is 11.6 Å². The van der Waals surface area contributed by atoms with Crippen LogP contribution in [0.15, 0.2) is 36.5 Å². The van der Waals surface area contributed by atoms with Crippen molar-refractivity contribution in [2.45, 2.75) is 32.1 Å². The Labute approximate surface area is 107 Å². The van der Waals surface area contributed by atoms with Crippen molar-refractivity contribution in [3.05, 3.63) is 47.8 Å². The molecule has 17 heavy (non-hydrogen) atoms. The van der Waals surface area contributed by atoms with Gasteiger partial charge < -0.3 is 0 Å². The predicted octanol–water partition coefficient (Wildman–Crippen LogP) is 3.95. The van der Waals surface area contributed by atoms with E-state index in [9.17, 15) is 0 Å². The van der Waals surface area contributed by atoms with Crippen molar-refractivity contribution in [3.63, 3.8) is 0 Å². The van der Waals surface area contributed by atoms with Crippen LogP contribution < -0.4 is 0 Å². The van der Waals surface area contributed by atoms with Gasteiger partial charge in [0.25, 0.3) is 0 Å². The molecule has 0 aliphatic rings. The number of halogens is 1. The Morgan fingerprint density at radius 2 is 1.94 bits per heavy atom. The van der Waals surface area contributed by atoms with Crippen molar-refractivity contribution in [1.82, 2.24) is 9.78 Å². The van der Waals surface area contributed by atoms with E-state index in [4.69, 9.17) is 11.6 Å². The van der Waals surface area contributed by atoms with Gasteiger partial charge in [0.15, 0.2) is 0 Å². The molecular weight excluding hydrogens is 232 g/mol. The van der Waals surface area contributed by atoms with Crippen LogP contribution in [0.2, 0.25) is 0 Å². The molecule has 0 aliphatic carbocycles. The summed E-state index contributed by atoms with van der Waals surface area (Å²) in [6.07, 6.45) is 5.58. The molecule has 1 aromatic heterocycles. The fraction of sp³-hybridized carbons (Fsp3) is 0.357. The van der Waals surface area contributed by atoms with Gasteiger partial charge in [0, 0.05) is 6.20 Å². The van der Waals surface area contributed by atoms with Crippen molar-refractivity contribution in [3.8, 4) is 5.69 Å². The number of aromatic nitrogens is 2. The molecule has 3 heteroatoms. The van der Waals surface area contributed by atoms with Crippen LogP contribution in [-0.2, 0) is 12.3 Å². The van der Waals surface area contributed by atoms with Gasteiger partial charge in [0.1, 0.15) is 0 Å². The molecule has 90 valence electrons. The third-order valence-corrected chi connectivity index (χ3v) is 3.07. The molecule has 0 bridgehead atoms. The second-order valence-corrected chi connectivity index (χ2v) is 4.42. The summed E-state index contributed by atoms with van der Waals surface area (Å²) in [7, 11) is 0. The average Bonchev–Trinajstić information content (AvgIpc) is 2.86. The lowest BCUT2D eigenvalue weighted by molar-refractivity contribution is 0.793. The second-order valence-electron chi connectivity index (χ2n) is 4.16. The highest BCUT2D eigenvalue weighted by atomic mass is 35.5. The Hall–Kier alpha value is -1.28. The molecule has 0 saturated heterocycles. The molecule has 0 saturated carbocycles. The second kappa shape index (κ2) is 5.87. The Kier molecular flexibility index (Phi) is 4.21. The predicted molar refractivity (Wildman–Crippen MR) is 71.7 cm³/mol. The lowest BCUT2D eigenvalue weighted by Crippen LogP contribution is -1.96. The minimum absolute atomic E-state index is 0.460. The van der Waals surface area contributed by atoms with Crippen LogP contribution in [0.3, 0.4) is 0 Å². The number of aryl methyl sites for hydroxylation is 1. The quantitative estimate of drug-likeness (QED) is 0.733. The summed E-state index contributed by atoms with van der Waals surface area (Å²) in [6, 6.07) is 10.5. The van der Waals surface area contributed by atoms with Crippen molar-refractivity contribution < 1.29 is 0 Å². The van der Waals surface area contributed by atoms with Crippen LogP contribution in [0.25, 0.3) is 5.69 Å². The first kappa shape index (κ1) is 12.2. The first-order valence-electron chi connectivity index (χ1n) is 6.03. The van der Waals surface area contributed by atoms with Gasteiger partial charge in [-0.1, -0.05) is 25.5 Å². The number of rotatable bonds is 5. The summed E-state index contributed by atoms with van der Waals surface area (Å²) in [6.45, 7) is 2.21. The first-order chi connectivity index (χ1) is 8.33. The molecule has 0 unspecified atom stereocenters. The summed E-state index contributed by atoms with van der Waals surface area (Å²) in [5.41, 5.74) is 3.38. The van der Waals surface area contributed by atoms with E-state index in [0.717, 1.165) is 17.8 Å².